The smallest absolute Gasteiger partial charge is 0.226 e. The van der Waals surface area contributed by atoms with Gasteiger partial charge in [0.25, 0.3) is 0 Å². The summed E-state index contributed by atoms with van der Waals surface area (Å²) in [6, 6.07) is 11.8. The number of hydrogen-bond acceptors (Lipinski definition) is 4. The third kappa shape index (κ3) is 5.57. The van der Waals surface area contributed by atoms with Gasteiger partial charge in [0.2, 0.25) is 5.91 Å². The molecule has 2 saturated heterocycles. The number of carbonyl (C=O) groups excluding carboxylic acids is 1. The van der Waals surface area contributed by atoms with Crippen LogP contribution in [0.5, 0.6) is 5.75 Å². The minimum Gasteiger partial charge on any atom is -0.489 e. The number of hydrogen-bond donors (Lipinski definition) is 1. The van der Waals surface area contributed by atoms with E-state index in [4.69, 9.17) is 4.74 Å². The maximum atomic E-state index is 12.7. The molecule has 2 aliphatic heterocycles. The van der Waals surface area contributed by atoms with Gasteiger partial charge in [0, 0.05) is 25.5 Å². The van der Waals surface area contributed by atoms with Gasteiger partial charge in [0.05, 0.1) is 6.42 Å². The summed E-state index contributed by atoms with van der Waals surface area (Å²) in [5.74, 6) is 2.65. The molecule has 1 unspecified atom stereocenters. The fourth-order valence-electron chi connectivity index (χ4n) is 4.54. The van der Waals surface area contributed by atoms with Crippen molar-refractivity contribution in [3.8, 4) is 5.75 Å². The molecule has 1 aromatic heterocycles. The predicted molar refractivity (Wildman–Crippen MR) is 114 cm³/mol. The van der Waals surface area contributed by atoms with E-state index in [0.717, 1.165) is 61.2 Å². The van der Waals surface area contributed by atoms with Gasteiger partial charge in [-0.2, -0.15) is 0 Å². The molecule has 5 heteroatoms. The van der Waals surface area contributed by atoms with Gasteiger partial charge in [-0.15, -0.1) is 0 Å². The Kier molecular flexibility index (Phi) is 6.78. The number of benzene rings is 1. The fourth-order valence-corrected chi connectivity index (χ4v) is 4.54. The maximum Gasteiger partial charge on any atom is 0.226 e. The van der Waals surface area contributed by atoms with Crippen LogP contribution in [-0.4, -0.2) is 42.0 Å². The molecule has 0 aliphatic carbocycles. The second-order valence-corrected chi connectivity index (χ2v) is 8.29. The Morgan fingerprint density at radius 2 is 1.76 bits per heavy atom. The molecule has 0 radical (unpaired) electrons. The second kappa shape index (κ2) is 9.88. The highest BCUT2D eigenvalue weighted by molar-refractivity contribution is 5.78. The molecule has 1 aromatic carbocycles. The first-order valence-corrected chi connectivity index (χ1v) is 10.9. The zero-order chi connectivity index (χ0) is 19.9. The first-order valence-electron chi connectivity index (χ1n) is 10.9. The number of carbonyl (C=O) groups is 1. The Morgan fingerprint density at radius 3 is 2.45 bits per heavy atom. The SMILES string of the molecule is O=C(Cc1ccc(OCc2ccncc2)cc1)N1CCC(C2CCCNC2)CC1. The van der Waals surface area contributed by atoms with Crippen LogP contribution in [0.4, 0.5) is 0 Å². The molecule has 0 bridgehead atoms. The van der Waals surface area contributed by atoms with E-state index in [9.17, 15) is 4.79 Å². The first kappa shape index (κ1) is 19.9. The summed E-state index contributed by atoms with van der Waals surface area (Å²) in [4.78, 5) is 18.8. The summed E-state index contributed by atoms with van der Waals surface area (Å²) >= 11 is 0. The van der Waals surface area contributed by atoms with Gasteiger partial charge in [-0.05, 0) is 86.0 Å². The van der Waals surface area contributed by atoms with Crippen molar-refractivity contribution in [3.63, 3.8) is 0 Å². The van der Waals surface area contributed by atoms with Crippen molar-refractivity contribution in [2.75, 3.05) is 26.2 Å². The molecule has 5 nitrogen and oxygen atoms in total. The van der Waals surface area contributed by atoms with Crippen LogP contribution in [-0.2, 0) is 17.8 Å². The summed E-state index contributed by atoms with van der Waals surface area (Å²) in [6.45, 7) is 4.67. The van der Waals surface area contributed by atoms with Crippen molar-refractivity contribution < 1.29 is 9.53 Å². The van der Waals surface area contributed by atoms with E-state index in [2.05, 4.69) is 15.2 Å². The van der Waals surface area contributed by atoms with E-state index in [-0.39, 0.29) is 5.91 Å². The molecule has 2 aliphatic rings. The summed E-state index contributed by atoms with van der Waals surface area (Å²) < 4.78 is 5.81. The number of likely N-dealkylation sites (tertiary alicyclic amines) is 1. The quantitative estimate of drug-likeness (QED) is 0.817. The lowest BCUT2D eigenvalue weighted by atomic mass is 9.80. The molecular formula is C24H31N3O2. The van der Waals surface area contributed by atoms with E-state index < -0.39 is 0 Å². The number of pyridine rings is 1. The summed E-state index contributed by atoms with van der Waals surface area (Å²) in [6.07, 6.45) is 8.96. The van der Waals surface area contributed by atoms with Crippen LogP contribution in [0.25, 0.3) is 0 Å². The lowest BCUT2D eigenvalue weighted by Crippen LogP contribution is -2.43. The Hall–Kier alpha value is -2.40. The number of rotatable bonds is 6. The van der Waals surface area contributed by atoms with Crippen molar-refractivity contribution in [3.05, 3.63) is 59.9 Å². The molecule has 1 N–H and O–H groups in total. The van der Waals surface area contributed by atoms with Crippen molar-refractivity contribution >= 4 is 5.91 Å². The molecule has 154 valence electrons. The van der Waals surface area contributed by atoms with Gasteiger partial charge in [-0.3, -0.25) is 9.78 Å². The van der Waals surface area contributed by atoms with Gasteiger partial charge in [-0.1, -0.05) is 12.1 Å². The van der Waals surface area contributed by atoms with Gasteiger partial charge < -0.3 is 15.0 Å². The lowest BCUT2D eigenvalue weighted by Gasteiger charge is -2.37. The van der Waals surface area contributed by atoms with Crippen LogP contribution in [0.1, 0.15) is 36.8 Å². The largest absolute Gasteiger partial charge is 0.489 e. The summed E-state index contributed by atoms with van der Waals surface area (Å²) in [7, 11) is 0. The standard InChI is InChI=1S/C24H31N3O2/c28-24(27-14-9-21(10-15-27)22-2-1-11-26-17-22)16-19-3-5-23(6-4-19)29-18-20-7-12-25-13-8-20/h3-8,12-13,21-22,26H,1-2,9-11,14-18H2. The van der Waals surface area contributed by atoms with Gasteiger partial charge in [0.15, 0.2) is 0 Å². The fraction of sp³-hybridized carbons (Fsp3) is 0.500. The zero-order valence-electron chi connectivity index (χ0n) is 17.1. The van der Waals surface area contributed by atoms with Gasteiger partial charge in [0.1, 0.15) is 12.4 Å². The minimum atomic E-state index is 0.246. The van der Waals surface area contributed by atoms with Crippen molar-refractivity contribution in [1.29, 1.82) is 0 Å². The molecule has 1 atom stereocenters. The number of amides is 1. The molecule has 2 aromatic rings. The molecule has 0 spiro atoms. The maximum absolute atomic E-state index is 12.7. The van der Waals surface area contributed by atoms with E-state index >= 15 is 0 Å². The molecule has 4 rings (SSSR count). The van der Waals surface area contributed by atoms with Gasteiger partial charge >= 0.3 is 0 Å². The average molecular weight is 394 g/mol. The number of ether oxygens (including phenoxy) is 1. The molecule has 2 fully saturated rings. The number of nitrogens with zero attached hydrogens (tertiary/aromatic N) is 2. The number of aromatic nitrogens is 1. The van der Waals surface area contributed by atoms with Gasteiger partial charge in [-0.25, -0.2) is 0 Å². The third-order valence-corrected chi connectivity index (χ3v) is 6.33. The molecular weight excluding hydrogens is 362 g/mol. The van der Waals surface area contributed by atoms with Crippen LogP contribution in [0.2, 0.25) is 0 Å². The Morgan fingerprint density at radius 1 is 1.00 bits per heavy atom. The zero-order valence-corrected chi connectivity index (χ0v) is 17.1. The summed E-state index contributed by atoms with van der Waals surface area (Å²) in [5, 5.41) is 3.53. The minimum absolute atomic E-state index is 0.246. The number of nitrogens with one attached hydrogen (secondary N) is 1. The topological polar surface area (TPSA) is 54.5 Å². The lowest BCUT2D eigenvalue weighted by molar-refractivity contribution is -0.132. The van der Waals surface area contributed by atoms with E-state index in [0.29, 0.717) is 13.0 Å². The van der Waals surface area contributed by atoms with Crippen molar-refractivity contribution in [2.24, 2.45) is 11.8 Å². The first-order chi connectivity index (χ1) is 14.3. The summed E-state index contributed by atoms with van der Waals surface area (Å²) in [5.41, 5.74) is 2.14. The van der Waals surface area contributed by atoms with Crippen LogP contribution in [0.3, 0.4) is 0 Å². The monoisotopic (exact) mass is 393 g/mol. The second-order valence-electron chi connectivity index (χ2n) is 8.29. The van der Waals surface area contributed by atoms with Crippen LogP contribution < -0.4 is 10.1 Å². The average Bonchev–Trinajstić information content (AvgIpc) is 2.80. The highest BCUT2D eigenvalue weighted by Gasteiger charge is 2.29. The predicted octanol–water partition coefficient (Wildman–Crippen LogP) is 3.44. The Balaban J connectivity index is 1.22. The Bertz CT molecular complexity index is 764. The number of piperidine rings is 2. The van der Waals surface area contributed by atoms with Crippen LogP contribution >= 0.6 is 0 Å². The molecule has 1 amide bonds. The van der Waals surface area contributed by atoms with Crippen LogP contribution in [0.15, 0.2) is 48.8 Å². The highest BCUT2D eigenvalue weighted by Crippen LogP contribution is 2.29. The normalized spacial score (nSPS) is 20.4. The van der Waals surface area contributed by atoms with E-state index in [1.54, 1.807) is 12.4 Å². The third-order valence-electron chi connectivity index (χ3n) is 6.33. The Labute approximate surface area is 173 Å². The molecule has 29 heavy (non-hydrogen) atoms. The van der Waals surface area contributed by atoms with E-state index in [1.165, 1.54) is 19.4 Å². The molecule has 0 saturated carbocycles. The highest BCUT2D eigenvalue weighted by atomic mass is 16.5. The molecule has 3 heterocycles. The van der Waals surface area contributed by atoms with E-state index in [1.807, 2.05) is 36.4 Å². The van der Waals surface area contributed by atoms with Crippen molar-refractivity contribution in [1.82, 2.24) is 15.2 Å². The van der Waals surface area contributed by atoms with Crippen LogP contribution in [0, 0.1) is 11.8 Å². The van der Waals surface area contributed by atoms with Crippen molar-refractivity contribution in [2.45, 2.75) is 38.7 Å².